The molecular weight excluding hydrogens is 156 g/mol. The van der Waals surface area contributed by atoms with Crippen molar-refractivity contribution in [3.8, 4) is 0 Å². The zero-order valence-electron chi connectivity index (χ0n) is 7.45. The lowest BCUT2D eigenvalue weighted by atomic mass is 9.85. The van der Waals surface area contributed by atoms with Gasteiger partial charge in [0.1, 0.15) is 0 Å². The van der Waals surface area contributed by atoms with Gasteiger partial charge in [0.25, 0.3) is 0 Å². The third-order valence-corrected chi connectivity index (χ3v) is 2.44. The van der Waals surface area contributed by atoms with E-state index < -0.39 is 0 Å². The zero-order chi connectivity index (χ0) is 8.97. The summed E-state index contributed by atoms with van der Waals surface area (Å²) in [5, 5.41) is 9.31. The first kappa shape index (κ1) is 9.52. The molecule has 3 nitrogen and oxygen atoms in total. The van der Waals surface area contributed by atoms with Gasteiger partial charge in [-0.3, -0.25) is 4.79 Å². The highest BCUT2D eigenvalue weighted by molar-refractivity contribution is 5.69. The molecule has 12 heavy (non-hydrogen) atoms. The first-order valence-electron chi connectivity index (χ1n) is 4.47. The Labute approximate surface area is 72.7 Å². The van der Waals surface area contributed by atoms with E-state index in [-0.39, 0.29) is 12.1 Å². The lowest BCUT2D eigenvalue weighted by molar-refractivity contribution is -0.142. The molecule has 1 aliphatic carbocycles. The quantitative estimate of drug-likeness (QED) is 0.634. The van der Waals surface area contributed by atoms with E-state index in [1.54, 1.807) is 0 Å². The van der Waals surface area contributed by atoms with Gasteiger partial charge < -0.3 is 9.84 Å². The highest BCUT2D eigenvalue weighted by Gasteiger charge is 2.22. The fourth-order valence-corrected chi connectivity index (χ4v) is 1.77. The van der Waals surface area contributed by atoms with Crippen molar-refractivity contribution < 1.29 is 14.6 Å². The number of hydrogen-bond donors (Lipinski definition) is 1. The second kappa shape index (κ2) is 4.45. The van der Waals surface area contributed by atoms with Crippen molar-refractivity contribution in [1.82, 2.24) is 0 Å². The van der Waals surface area contributed by atoms with Gasteiger partial charge in [0.05, 0.1) is 13.2 Å². The Morgan fingerprint density at radius 3 is 2.92 bits per heavy atom. The van der Waals surface area contributed by atoms with Crippen molar-refractivity contribution in [2.45, 2.75) is 38.2 Å². The average Bonchev–Trinajstić information content (AvgIpc) is 2.04. The van der Waals surface area contributed by atoms with E-state index in [1.165, 1.54) is 7.11 Å². The largest absolute Gasteiger partial charge is 0.469 e. The molecule has 1 fully saturated rings. The predicted octanol–water partition coefficient (Wildman–Crippen LogP) is 1.10. The van der Waals surface area contributed by atoms with Crippen molar-refractivity contribution in [2.75, 3.05) is 7.11 Å². The number of aliphatic hydroxyl groups excluding tert-OH is 1. The molecule has 0 aliphatic heterocycles. The standard InChI is InChI=1S/C9H16O3/c1-12-9(11)6-7-3-2-4-8(10)5-7/h7-8,10H,2-6H2,1H3/t7-,8+/m1/s1. The van der Waals surface area contributed by atoms with Gasteiger partial charge in [0, 0.05) is 6.42 Å². The molecule has 0 aromatic rings. The normalized spacial score (nSPS) is 29.8. The van der Waals surface area contributed by atoms with E-state index in [9.17, 15) is 9.90 Å². The summed E-state index contributed by atoms with van der Waals surface area (Å²) in [4.78, 5) is 10.9. The number of esters is 1. The molecule has 0 aromatic carbocycles. The molecule has 0 radical (unpaired) electrons. The molecule has 1 aliphatic rings. The van der Waals surface area contributed by atoms with Crippen LogP contribution in [0.5, 0.6) is 0 Å². The van der Waals surface area contributed by atoms with Crippen molar-refractivity contribution in [1.29, 1.82) is 0 Å². The molecule has 70 valence electrons. The fourth-order valence-electron chi connectivity index (χ4n) is 1.77. The Kier molecular flexibility index (Phi) is 3.53. The Morgan fingerprint density at radius 2 is 2.33 bits per heavy atom. The minimum atomic E-state index is -0.201. The molecule has 0 saturated heterocycles. The second-order valence-corrected chi connectivity index (χ2v) is 3.47. The van der Waals surface area contributed by atoms with E-state index in [2.05, 4.69) is 4.74 Å². The van der Waals surface area contributed by atoms with Gasteiger partial charge in [-0.1, -0.05) is 6.42 Å². The van der Waals surface area contributed by atoms with E-state index in [4.69, 9.17) is 0 Å². The number of aliphatic hydroxyl groups is 1. The molecule has 0 spiro atoms. The van der Waals surface area contributed by atoms with Gasteiger partial charge >= 0.3 is 5.97 Å². The maximum absolute atomic E-state index is 10.9. The van der Waals surface area contributed by atoms with E-state index >= 15 is 0 Å². The summed E-state index contributed by atoms with van der Waals surface area (Å²) in [6, 6.07) is 0. The first-order valence-corrected chi connectivity index (χ1v) is 4.47. The van der Waals surface area contributed by atoms with Crippen LogP contribution < -0.4 is 0 Å². The summed E-state index contributed by atoms with van der Waals surface area (Å²) >= 11 is 0. The van der Waals surface area contributed by atoms with Crippen molar-refractivity contribution >= 4 is 5.97 Å². The first-order chi connectivity index (χ1) is 5.72. The Balaban J connectivity index is 2.27. The number of carbonyl (C=O) groups excluding carboxylic acids is 1. The van der Waals surface area contributed by atoms with E-state index in [0.29, 0.717) is 12.3 Å². The summed E-state index contributed by atoms with van der Waals surface area (Å²) in [5.41, 5.74) is 0. The molecule has 2 atom stereocenters. The third-order valence-electron chi connectivity index (χ3n) is 2.44. The summed E-state index contributed by atoms with van der Waals surface area (Å²) in [5.74, 6) is 0.176. The van der Waals surface area contributed by atoms with Crippen LogP contribution in [-0.4, -0.2) is 24.3 Å². The van der Waals surface area contributed by atoms with Crippen LogP contribution in [0.4, 0.5) is 0 Å². The van der Waals surface area contributed by atoms with Crippen LogP contribution in [0.1, 0.15) is 32.1 Å². The summed E-state index contributed by atoms with van der Waals surface area (Å²) in [6.07, 6.45) is 3.99. The molecule has 1 rings (SSSR count). The monoisotopic (exact) mass is 172 g/mol. The van der Waals surface area contributed by atoms with Crippen LogP contribution >= 0.6 is 0 Å². The van der Waals surface area contributed by atoms with Crippen LogP contribution in [0.2, 0.25) is 0 Å². The SMILES string of the molecule is COC(=O)C[C@@H]1CCC[C@H](O)C1. The number of carbonyl (C=O) groups is 1. The van der Waals surface area contributed by atoms with Crippen LogP contribution in [0.3, 0.4) is 0 Å². The third kappa shape index (κ3) is 2.81. The fraction of sp³-hybridized carbons (Fsp3) is 0.889. The molecule has 3 heteroatoms. The average molecular weight is 172 g/mol. The van der Waals surface area contributed by atoms with Crippen molar-refractivity contribution in [3.05, 3.63) is 0 Å². The Morgan fingerprint density at radius 1 is 1.58 bits per heavy atom. The number of rotatable bonds is 2. The second-order valence-electron chi connectivity index (χ2n) is 3.47. The zero-order valence-corrected chi connectivity index (χ0v) is 7.45. The minimum Gasteiger partial charge on any atom is -0.469 e. The predicted molar refractivity (Wildman–Crippen MR) is 44.6 cm³/mol. The number of methoxy groups -OCH3 is 1. The van der Waals surface area contributed by atoms with Crippen LogP contribution in [0.15, 0.2) is 0 Å². The molecule has 1 saturated carbocycles. The van der Waals surface area contributed by atoms with E-state index in [1.807, 2.05) is 0 Å². The molecular formula is C9H16O3. The van der Waals surface area contributed by atoms with Gasteiger partial charge in [0.2, 0.25) is 0 Å². The van der Waals surface area contributed by atoms with Gasteiger partial charge in [-0.2, -0.15) is 0 Å². The number of ether oxygens (including phenoxy) is 1. The summed E-state index contributed by atoms with van der Waals surface area (Å²) < 4.78 is 4.57. The highest BCUT2D eigenvalue weighted by atomic mass is 16.5. The van der Waals surface area contributed by atoms with Crippen LogP contribution in [0.25, 0.3) is 0 Å². The Bertz CT molecular complexity index is 156. The lowest BCUT2D eigenvalue weighted by Crippen LogP contribution is -2.22. The maximum Gasteiger partial charge on any atom is 0.305 e. The molecule has 0 amide bonds. The minimum absolute atomic E-state index is 0.158. The Hall–Kier alpha value is -0.570. The smallest absolute Gasteiger partial charge is 0.305 e. The molecule has 0 aromatic heterocycles. The van der Waals surface area contributed by atoms with Gasteiger partial charge in [-0.05, 0) is 25.2 Å². The summed E-state index contributed by atoms with van der Waals surface area (Å²) in [7, 11) is 1.40. The van der Waals surface area contributed by atoms with Gasteiger partial charge in [0.15, 0.2) is 0 Å². The van der Waals surface area contributed by atoms with Crippen LogP contribution in [-0.2, 0) is 9.53 Å². The van der Waals surface area contributed by atoms with Gasteiger partial charge in [-0.25, -0.2) is 0 Å². The van der Waals surface area contributed by atoms with Gasteiger partial charge in [-0.15, -0.1) is 0 Å². The molecule has 0 bridgehead atoms. The maximum atomic E-state index is 10.9. The molecule has 0 unspecified atom stereocenters. The number of hydrogen-bond acceptors (Lipinski definition) is 3. The highest BCUT2D eigenvalue weighted by Crippen LogP contribution is 2.26. The van der Waals surface area contributed by atoms with Crippen molar-refractivity contribution in [3.63, 3.8) is 0 Å². The topological polar surface area (TPSA) is 46.5 Å². The van der Waals surface area contributed by atoms with Crippen LogP contribution in [0, 0.1) is 5.92 Å². The lowest BCUT2D eigenvalue weighted by Gasteiger charge is -2.24. The van der Waals surface area contributed by atoms with E-state index in [0.717, 1.165) is 25.7 Å². The summed E-state index contributed by atoms with van der Waals surface area (Å²) in [6.45, 7) is 0. The molecule has 1 N–H and O–H groups in total. The van der Waals surface area contributed by atoms with Crippen molar-refractivity contribution in [2.24, 2.45) is 5.92 Å². The molecule has 0 heterocycles.